The van der Waals surface area contributed by atoms with Crippen LogP contribution in [0.25, 0.3) is 5.69 Å². The van der Waals surface area contributed by atoms with Crippen LogP contribution in [0, 0.1) is 0 Å². The van der Waals surface area contributed by atoms with E-state index < -0.39 is 0 Å². The summed E-state index contributed by atoms with van der Waals surface area (Å²) in [6.45, 7) is 1.17. The predicted molar refractivity (Wildman–Crippen MR) is 85.4 cm³/mol. The van der Waals surface area contributed by atoms with E-state index in [1.165, 1.54) is 0 Å². The van der Waals surface area contributed by atoms with Crippen molar-refractivity contribution in [2.24, 2.45) is 0 Å². The normalized spacial score (nSPS) is 21.1. The fourth-order valence-corrected chi connectivity index (χ4v) is 2.75. The largest absolute Gasteiger partial charge is 0.379 e. The van der Waals surface area contributed by atoms with Crippen molar-refractivity contribution < 1.29 is 14.3 Å². The number of nitrogens with zero attached hydrogens (tertiary/aromatic N) is 2. The van der Waals surface area contributed by atoms with Crippen LogP contribution >= 0.6 is 0 Å². The highest BCUT2D eigenvalue weighted by Crippen LogP contribution is 2.12. The van der Waals surface area contributed by atoms with Gasteiger partial charge in [0.2, 0.25) is 5.91 Å². The summed E-state index contributed by atoms with van der Waals surface area (Å²) in [5, 5.41) is 7.30. The molecule has 2 aromatic rings. The molecule has 1 saturated heterocycles. The Labute approximate surface area is 135 Å². The molecule has 1 aliphatic heterocycles. The highest BCUT2D eigenvalue weighted by Gasteiger charge is 2.27. The third kappa shape index (κ3) is 3.97. The van der Waals surface area contributed by atoms with Gasteiger partial charge in [-0.2, -0.15) is 5.10 Å². The number of carbonyl (C=O) groups excluding carboxylic acids is 1. The third-order valence-corrected chi connectivity index (χ3v) is 3.96. The number of aromatic nitrogens is 2. The minimum absolute atomic E-state index is 0.0136. The first-order chi connectivity index (χ1) is 11.3. The molecular weight excluding hydrogens is 294 g/mol. The SMILES string of the molecule is CO[C@@H]1CCOC[C@H]1NC(=O)Cc1cnn(-c2ccccc2)c1. The second-order valence-electron chi connectivity index (χ2n) is 5.62. The van der Waals surface area contributed by atoms with E-state index in [0.717, 1.165) is 17.7 Å². The van der Waals surface area contributed by atoms with Gasteiger partial charge in [0.05, 0.1) is 37.1 Å². The maximum atomic E-state index is 12.2. The summed E-state index contributed by atoms with van der Waals surface area (Å²) in [7, 11) is 1.67. The molecule has 1 aromatic heterocycles. The Morgan fingerprint density at radius 3 is 3.04 bits per heavy atom. The number of hydrogen-bond donors (Lipinski definition) is 1. The molecule has 0 saturated carbocycles. The number of nitrogens with one attached hydrogen (secondary N) is 1. The van der Waals surface area contributed by atoms with Gasteiger partial charge in [0.25, 0.3) is 0 Å². The highest BCUT2D eigenvalue weighted by atomic mass is 16.5. The second-order valence-corrected chi connectivity index (χ2v) is 5.62. The van der Waals surface area contributed by atoms with Crippen molar-refractivity contribution in [1.29, 1.82) is 0 Å². The van der Waals surface area contributed by atoms with Crippen LogP contribution in [0.4, 0.5) is 0 Å². The minimum atomic E-state index is -0.0922. The van der Waals surface area contributed by atoms with Gasteiger partial charge in [0.15, 0.2) is 0 Å². The highest BCUT2D eigenvalue weighted by molar-refractivity contribution is 5.78. The summed E-state index contributed by atoms with van der Waals surface area (Å²) in [6.07, 6.45) is 4.70. The first kappa shape index (κ1) is 15.7. The lowest BCUT2D eigenvalue weighted by molar-refractivity contribution is -0.124. The number of hydrogen-bond acceptors (Lipinski definition) is 4. The van der Waals surface area contributed by atoms with Gasteiger partial charge in [-0.3, -0.25) is 4.79 Å². The van der Waals surface area contributed by atoms with E-state index in [1.54, 1.807) is 18.0 Å². The molecule has 122 valence electrons. The summed E-state index contributed by atoms with van der Waals surface area (Å²) in [5.74, 6) is -0.0461. The van der Waals surface area contributed by atoms with Gasteiger partial charge in [0.1, 0.15) is 0 Å². The molecule has 0 radical (unpaired) electrons. The van der Waals surface area contributed by atoms with Gasteiger partial charge in [0, 0.05) is 19.9 Å². The molecule has 1 aliphatic rings. The van der Waals surface area contributed by atoms with Crippen molar-refractivity contribution in [2.45, 2.75) is 25.0 Å². The van der Waals surface area contributed by atoms with Crippen LogP contribution < -0.4 is 5.32 Å². The van der Waals surface area contributed by atoms with Gasteiger partial charge >= 0.3 is 0 Å². The summed E-state index contributed by atoms with van der Waals surface area (Å²) < 4.78 is 12.6. The molecule has 3 rings (SSSR count). The van der Waals surface area contributed by atoms with Crippen molar-refractivity contribution in [3.05, 3.63) is 48.3 Å². The third-order valence-electron chi connectivity index (χ3n) is 3.96. The van der Waals surface area contributed by atoms with Crippen LogP contribution in [0.5, 0.6) is 0 Å². The Morgan fingerprint density at radius 1 is 1.43 bits per heavy atom. The molecule has 6 heteroatoms. The molecular formula is C17H21N3O3. The van der Waals surface area contributed by atoms with Gasteiger partial charge in [-0.1, -0.05) is 18.2 Å². The van der Waals surface area contributed by atoms with Crippen molar-refractivity contribution in [1.82, 2.24) is 15.1 Å². The van der Waals surface area contributed by atoms with Crippen LogP contribution in [0.2, 0.25) is 0 Å². The smallest absolute Gasteiger partial charge is 0.224 e. The molecule has 1 aromatic carbocycles. The zero-order valence-electron chi connectivity index (χ0n) is 13.1. The van der Waals surface area contributed by atoms with Gasteiger partial charge in [-0.05, 0) is 24.1 Å². The van der Waals surface area contributed by atoms with Gasteiger partial charge in [-0.15, -0.1) is 0 Å². The Bertz CT molecular complexity index is 642. The van der Waals surface area contributed by atoms with Gasteiger partial charge in [-0.25, -0.2) is 4.68 Å². The monoisotopic (exact) mass is 315 g/mol. The number of amides is 1. The van der Waals surface area contributed by atoms with Crippen molar-refractivity contribution >= 4 is 5.91 Å². The topological polar surface area (TPSA) is 65.4 Å². The number of methoxy groups -OCH3 is 1. The van der Waals surface area contributed by atoms with E-state index in [-0.39, 0.29) is 18.1 Å². The average Bonchev–Trinajstić information content (AvgIpc) is 3.04. The maximum absolute atomic E-state index is 12.2. The number of rotatable bonds is 5. The fourth-order valence-electron chi connectivity index (χ4n) is 2.75. The van der Waals surface area contributed by atoms with E-state index >= 15 is 0 Å². The van der Waals surface area contributed by atoms with E-state index in [1.807, 2.05) is 36.5 Å². The lowest BCUT2D eigenvalue weighted by Gasteiger charge is -2.30. The Kier molecular flexibility index (Phi) is 5.05. The Balaban J connectivity index is 1.59. The molecule has 1 fully saturated rings. The van der Waals surface area contributed by atoms with Crippen molar-refractivity contribution in [2.75, 3.05) is 20.3 Å². The lowest BCUT2D eigenvalue weighted by atomic mass is 10.1. The van der Waals surface area contributed by atoms with Crippen LogP contribution in [-0.2, 0) is 20.7 Å². The fraction of sp³-hybridized carbons (Fsp3) is 0.412. The zero-order valence-corrected chi connectivity index (χ0v) is 13.1. The van der Waals surface area contributed by atoms with E-state index in [0.29, 0.717) is 19.6 Å². The summed E-state index contributed by atoms with van der Waals surface area (Å²) >= 11 is 0. The molecule has 1 N–H and O–H groups in total. The quantitative estimate of drug-likeness (QED) is 0.904. The molecule has 2 atom stereocenters. The van der Waals surface area contributed by atoms with E-state index in [2.05, 4.69) is 10.4 Å². The Morgan fingerprint density at radius 2 is 2.26 bits per heavy atom. The summed E-state index contributed by atoms with van der Waals surface area (Å²) in [6, 6.07) is 9.72. The number of carbonyl (C=O) groups is 1. The molecule has 0 bridgehead atoms. The van der Waals surface area contributed by atoms with Crippen molar-refractivity contribution in [3.63, 3.8) is 0 Å². The predicted octanol–water partition coefficient (Wildman–Crippen LogP) is 1.33. The van der Waals surface area contributed by atoms with Crippen LogP contribution in [0.3, 0.4) is 0 Å². The van der Waals surface area contributed by atoms with Crippen LogP contribution in [0.1, 0.15) is 12.0 Å². The van der Waals surface area contributed by atoms with Gasteiger partial charge < -0.3 is 14.8 Å². The molecule has 0 unspecified atom stereocenters. The minimum Gasteiger partial charge on any atom is -0.379 e. The summed E-state index contributed by atoms with van der Waals surface area (Å²) in [5.41, 5.74) is 1.84. The number of para-hydroxylation sites is 1. The average molecular weight is 315 g/mol. The standard InChI is InChI=1S/C17H21N3O3/c1-22-16-7-8-23-12-15(16)19-17(21)9-13-10-18-20(11-13)14-5-3-2-4-6-14/h2-6,10-11,15-16H,7-9,12H2,1H3,(H,19,21)/t15-,16-/m1/s1. The molecule has 0 aliphatic carbocycles. The van der Waals surface area contributed by atoms with Crippen molar-refractivity contribution in [3.8, 4) is 5.69 Å². The lowest BCUT2D eigenvalue weighted by Crippen LogP contribution is -2.50. The Hall–Kier alpha value is -2.18. The number of benzene rings is 1. The van der Waals surface area contributed by atoms with E-state index in [4.69, 9.17) is 9.47 Å². The molecule has 1 amide bonds. The van der Waals surface area contributed by atoms with E-state index in [9.17, 15) is 4.79 Å². The first-order valence-corrected chi connectivity index (χ1v) is 7.75. The number of ether oxygens (including phenoxy) is 2. The zero-order chi connectivity index (χ0) is 16.1. The van der Waals surface area contributed by atoms with Crippen LogP contribution in [-0.4, -0.2) is 48.2 Å². The molecule has 0 spiro atoms. The second kappa shape index (κ2) is 7.39. The first-order valence-electron chi connectivity index (χ1n) is 7.75. The molecule has 23 heavy (non-hydrogen) atoms. The van der Waals surface area contributed by atoms with Crippen LogP contribution in [0.15, 0.2) is 42.7 Å². The molecule has 6 nitrogen and oxygen atoms in total. The maximum Gasteiger partial charge on any atom is 0.224 e. The summed E-state index contributed by atoms with van der Waals surface area (Å²) in [4.78, 5) is 12.2. The molecule has 2 heterocycles.